The Balaban J connectivity index is 1.60. The van der Waals surface area contributed by atoms with Gasteiger partial charge in [-0.1, -0.05) is 30.3 Å². The second-order valence-corrected chi connectivity index (χ2v) is 6.75. The first-order valence-corrected chi connectivity index (χ1v) is 10.3. The number of ether oxygens (including phenoxy) is 3. The van der Waals surface area contributed by atoms with Crippen LogP contribution < -0.4 is 25.0 Å². The Morgan fingerprint density at radius 3 is 2.35 bits per heavy atom. The molecule has 9 nitrogen and oxygen atoms in total. The highest BCUT2D eigenvalue weighted by Crippen LogP contribution is 2.28. The summed E-state index contributed by atoms with van der Waals surface area (Å²) < 4.78 is 16.1. The summed E-state index contributed by atoms with van der Waals surface area (Å²) in [5.74, 6) is -1.40. The molecule has 174 valence electrons. The van der Waals surface area contributed by atoms with Crippen molar-refractivity contribution in [2.24, 2.45) is 5.10 Å². The molecule has 0 radical (unpaired) electrons. The summed E-state index contributed by atoms with van der Waals surface area (Å²) in [4.78, 5) is 36.5. The number of rotatable bonds is 8. The van der Waals surface area contributed by atoms with Crippen LogP contribution in [0.2, 0.25) is 0 Å². The van der Waals surface area contributed by atoms with Crippen LogP contribution in [0.15, 0.2) is 77.9 Å². The van der Waals surface area contributed by atoms with Gasteiger partial charge in [0.2, 0.25) is 0 Å². The molecular formula is C25H23N3O6. The van der Waals surface area contributed by atoms with Gasteiger partial charge in [0, 0.05) is 0 Å². The largest absolute Gasteiger partial charge is 0.493 e. The van der Waals surface area contributed by atoms with Gasteiger partial charge in [0.1, 0.15) is 5.75 Å². The molecule has 2 N–H and O–H groups in total. The number of anilines is 1. The van der Waals surface area contributed by atoms with E-state index in [4.69, 9.17) is 14.2 Å². The predicted octanol–water partition coefficient (Wildman–Crippen LogP) is 3.40. The number of para-hydroxylation sites is 2. The average molecular weight is 461 g/mol. The normalized spacial score (nSPS) is 10.4. The fraction of sp³-hybridized carbons (Fsp3) is 0.120. The number of carbonyl (C=O) groups excluding carboxylic acids is 3. The van der Waals surface area contributed by atoms with Gasteiger partial charge in [0.25, 0.3) is 0 Å². The van der Waals surface area contributed by atoms with Crippen LogP contribution in [-0.2, 0) is 9.59 Å². The first-order chi connectivity index (χ1) is 16.5. The van der Waals surface area contributed by atoms with Crippen molar-refractivity contribution in [2.75, 3.05) is 19.0 Å². The molecule has 0 saturated heterocycles. The van der Waals surface area contributed by atoms with Gasteiger partial charge in [-0.15, -0.1) is 0 Å². The summed E-state index contributed by atoms with van der Waals surface area (Å²) in [5, 5.41) is 6.28. The average Bonchev–Trinajstić information content (AvgIpc) is 2.86. The Kier molecular flexibility index (Phi) is 8.34. The fourth-order valence-corrected chi connectivity index (χ4v) is 2.83. The van der Waals surface area contributed by atoms with Crippen LogP contribution in [0.5, 0.6) is 17.2 Å². The molecule has 0 bridgehead atoms. The zero-order valence-electron chi connectivity index (χ0n) is 18.6. The van der Waals surface area contributed by atoms with Gasteiger partial charge >= 0.3 is 17.8 Å². The third-order valence-electron chi connectivity index (χ3n) is 4.42. The third-order valence-corrected chi connectivity index (χ3v) is 4.42. The number of benzene rings is 3. The zero-order chi connectivity index (χ0) is 24.3. The summed E-state index contributed by atoms with van der Waals surface area (Å²) in [6.07, 6.45) is 1.32. The molecular weight excluding hydrogens is 438 g/mol. The summed E-state index contributed by atoms with van der Waals surface area (Å²) in [7, 11) is 1.43. The van der Waals surface area contributed by atoms with Gasteiger partial charge in [0.05, 0.1) is 31.2 Å². The summed E-state index contributed by atoms with van der Waals surface area (Å²) in [6, 6.07) is 20.1. The van der Waals surface area contributed by atoms with E-state index in [0.29, 0.717) is 34.9 Å². The van der Waals surface area contributed by atoms with Crippen molar-refractivity contribution in [1.82, 2.24) is 5.43 Å². The smallest absolute Gasteiger partial charge is 0.343 e. The van der Waals surface area contributed by atoms with Gasteiger partial charge < -0.3 is 19.5 Å². The van der Waals surface area contributed by atoms with Crippen LogP contribution in [0, 0.1) is 0 Å². The number of carbonyl (C=O) groups is 3. The molecule has 0 aliphatic heterocycles. The maximum Gasteiger partial charge on any atom is 0.343 e. The molecule has 0 unspecified atom stereocenters. The topological polar surface area (TPSA) is 115 Å². The Bertz CT molecular complexity index is 1190. The first kappa shape index (κ1) is 24.0. The molecule has 0 atom stereocenters. The van der Waals surface area contributed by atoms with Crippen LogP contribution in [0.4, 0.5) is 5.69 Å². The van der Waals surface area contributed by atoms with Gasteiger partial charge in [0.15, 0.2) is 11.5 Å². The van der Waals surface area contributed by atoms with Crippen molar-refractivity contribution in [3.63, 3.8) is 0 Å². The predicted molar refractivity (Wildman–Crippen MR) is 126 cm³/mol. The van der Waals surface area contributed by atoms with E-state index in [-0.39, 0.29) is 5.75 Å². The van der Waals surface area contributed by atoms with Gasteiger partial charge in [-0.05, 0) is 55.0 Å². The van der Waals surface area contributed by atoms with E-state index in [1.807, 2.05) is 6.92 Å². The van der Waals surface area contributed by atoms with E-state index in [1.54, 1.807) is 72.8 Å². The van der Waals surface area contributed by atoms with E-state index < -0.39 is 17.8 Å². The lowest BCUT2D eigenvalue weighted by Gasteiger charge is -2.10. The SMILES string of the molecule is CCOc1ccccc1NC(=O)C(=O)N/N=C/c1ccc(OC(=O)c2ccccc2)c(OC)c1. The van der Waals surface area contributed by atoms with E-state index in [1.165, 1.54) is 13.3 Å². The lowest BCUT2D eigenvalue weighted by atomic mass is 10.2. The summed E-state index contributed by atoms with van der Waals surface area (Å²) in [6.45, 7) is 2.23. The molecule has 0 aromatic heterocycles. The lowest BCUT2D eigenvalue weighted by Crippen LogP contribution is -2.32. The number of nitrogens with zero attached hydrogens (tertiary/aromatic N) is 1. The highest BCUT2D eigenvalue weighted by molar-refractivity contribution is 6.39. The molecule has 34 heavy (non-hydrogen) atoms. The van der Waals surface area contributed by atoms with E-state index in [2.05, 4.69) is 15.8 Å². The first-order valence-electron chi connectivity index (χ1n) is 10.3. The van der Waals surface area contributed by atoms with Crippen molar-refractivity contribution >= 4 is 29.7 Å². The number of hydrazone groups is 1. The lowest BCUT2D eigenvalue weighted by molar-refractivity contribution is -0.136. The van der Waals surface area contributed by atoms with Crippen molar-refractivity contribution in [3.8, 4) is 17.2 Å². The molecule has 0 fully saturated rings. The molecule has 2 amide bonds. The maximum atomic E-state index is 12.3. The maximum absolute atomic E-state index is 12.3. The number of esters is 1. The number of hydrogen-bond acceptors (Lipinski definition) is 7. The molecule has 0 aliphatic carbocycles. The minimum Gasteiger partial charge on any atom is -0.493 e. The highest BCUT2D eigenvalue weighted by Gasteiger charge is 2.15. The number of hydrogen-bond donors (Lipinski definition) is 2. The molecule has 3 aromatic carbocycles. The van der Waals surface area contributed by atoms with E-state index >= 15 is 0 Å². The summed E-state index contributed by atoms with van der Waals surface area (Å²) >= 11 is 0. The second kappa shape index (κ2) is 11.8. The number of methoxy groups -OCH3 is 1. The third kappa shape index (κ3) is 6.42. The molecule has 9 heteroatoms. The molecule has 0 heterocycles. The van der Waals surface area contributed by atoms with E-state index in [0.717, 1.165) is 0 Å². The Morgan fingerprint density at radius 2 is 1.62 bits per heavy atom. The molecule has 0 saturated carbocycles. The second-order valence-electron chi connectivity index (χ2n) is 6.75. The Labute approximate surface area is 196 Å². The fourth-order valence-electron chi connectivity index (χ4n) is 2.83. The minimum absolute atomic E-state index is 0.227. The Morgan fingerprint density at radius 1 is 0.882 bits per heavy atom. The standard InChI is InChI=1S/C25H23N3O6/c1-3-33-20-12-8-7-11-19(20)27-23(29)24(30)28-26-16-17-13-14-21(22(15-17)32-2)34-25(31)18-9-5-4-6-10-18/h4-16H,3H2,1-2H3,(H,27,29)(H,28,30)/b26-16+. The van der Waals surface area contributed by atoms with Crippen molar-refractivity contribution in [2.45, 2.75) is 6.92 Å². The summed E-state index contributed by atoms with van der Waals surface area (Å²) in [5.41, 5.74) is 3.48. The molecule has 0 aliphatic rings. The van der Waals surface area contributed by atoms with Gasteiger partial charge in [-0.3, -0.25) is 9.59 Å². The number of nitrogens with one attached hydrogen (secondary N) is 2. The zero-order valence-corrected chi connectivity index (χ0v) is 18.6. The van der Waals surface area contributed by atoms with Gasteiger partial charge in [-0.25, -0.2) is 10.2 Å². The number of amides is 2. The van der Waals surface area contributed by atoms with Crippen LogP contribution in [0.1, 0.15) is 22.8 Å². The van der Waals surface area contributed by atoms with Crippen molar-refractivity contribution < 1.29 is 28.6 Å². The van der Waals surface area contributed by atoms with Crippen molar-refractivity contribution in [1.29, 1.82) is 0 Å². The monoisotopic (exact) mass is 461 g/mol. The molecule has 3 rings (SSSR count). The minimum atomic E-state index is -0.956. The van der Waals surface area contributed by atoms with Crippen LogP contribution in [0.25, 0.3) is 0 Å². The van der Waals surface area contributed by atoms with Crippen LogP contribution in [-0.4, -0.2) is 37.7 Å². The van der Waals surface area contributed by atoms with Gasteiger partial charge in [-0.2, -0.15) is 5.10 Å². The van der Waals surface area contributed by atoms with Crippen LogP contribution in [0.3, 0.4) is 0 Å². The van der Waals surface area contributed by atoms with Crippen LogP contribution >= 0.6 is 0 Å². The highest BCUT2D eigenvalue weighted by atomic mass is 16.6. The molecule has 0 spiro atoms. The molecule has 3 aromatic rings. The van der Waals surface area contributed by atoms with Crippen molar-refractivity contribution in [3.05, 3.63) is 83.9 Å². The van der Waals surface area contributed by atoms with E-state index in [9.17, 15) is 14.4 Å². The Hall–Kier alpha value is -4.66. The quantitative estimate of drug-likeness (QED) is 0.175.